The molecule has 0 unspecified atom stereocenters. The first kappa shape index (κ1) is 15.6. The Kier molecular flexibility index (Phi) is 3.95. The molecule has 0 atom stereocenters. The Morgan fingerprint density at radius 3 is 2.06 bits per heavy atom. The van der Waals surface area contributed by atoms with E-state index in [9.17, 15) is 13.3 Å². The number of halogens is 3. The van der Waals surface area contributed by atoms with Gasteiger partial charge in [-0.1, -0.05) is 44.5 Å². The van der Waals surface area contributed by atoms with Crippen molar-refractivity contribution in [3.05, 3.63) is 34.3 Å². The second-order valence-electron chi connectivity index (χ2n) is 5.03. The second-order valence-corrected chi connectivity index (χ2v) is 7.09. The van der Waals surface area contributed by atoms with Crippen molar-refractivity contribution in [2.75, 3.05) is 0 Å². The van der Waals surface area contributed by atoms with Crippen LogP contribution in [-0.4, -0.2) is 9.79 Å². The third kappa shape index (κ3) is 2.91. The van der Waals surface area contributed by atoms with E-state index in [2.05, 4.69) is 0 Å². The Bertz CT molecular complexity index is 506. The van der Waals surface area contributed by atoms with Gasteiger partial charge in [0.05, 0.1) is 10.6 Å². The van der Waals surface area contributed by atoms with Crippen molar-refractivity contribution in [1.29, 1.82) is 0 Å². The van der Waals surface area contributed by atoms with Crippen LogP contribution in [0.3, 0.4) is 0 Å². The highest BCUT2D eigenvalue weighted by Gasteiger charge is 2.51. The van der Waals surface area contributed by atoms with Crippen molar-refractivity contribution >= 4 is 19.2 Å². The Hall–Kier alpha value is -0.480. The van der Waals surface area contributed by atoms with Gasteiger partial charge in [0.1, 0.15) is 0 Å². The van der Waals surface area contributed by atoms with Gasteiger partial charge in [0.25, 0.3) is 0 Å². The van der Waals surface area contributed by atoms with Crippen LogP contribution in [0.1, 0.15) is 31.9 Å². The summed E-state index contributed by atoms with van der Waals surface area (Å²) in [5.41, 5.74) is -4.72. The topological polar surface area (TPSA) is 57.5 Å². The van der Waals surface area contributed by atoms with Gasteiger partial charge in [-0.15, -0.1) is 0 Å². The van der Waals surface area contributed by atoms with Gasteiger partial charge >= 0.3 is 13.3 Å². The number of benzene rings is 1. The molecule has 0 bridgehead atoms. The van der Waals surface area contributed by atoms with Gasteiger partial charge < -0.3 is 9.79 Å². The van der Waals surface area contributed by atoms with E-state index in [-0.39, 0.29) is 10.4 Å². The van der Waals surface area contributed by atoms with Crippen molar-refractivity contribution in [1.82, 2.24) is 0 Å². The summed E-state index contributed by atoms with van der Waals surface area (Å²) in [7, 11) is -5.59. The quantitative estimate of drug-likeness (QED) is 0.815. The normalized spacial score (nSPS) is 13.8. The fourth-order valence-electron chi connectivity index (χ4n) is 1.38. The van der Waals surface area contributed by atoms with Gasteiger partial charge in [0.15, 0.2) is 0 Å². The highest BCUT2D eigenvalue weighted by Crippen LogP contribution is 2.60. The molecule has 1 aromatic rings. The van der Waals surface area contributed by atoms with Gasteiger partial charge in [0.2, 0.25) is 0 Å². The van der Waals surface area contributed by atoms with E-state index in [0.29, 0.717) is 5.56 Å². The summed E-state index contributed by atoms with van der Waals surface area (Å²) in [5.74, 6) is 0. The summed E-state index contributed by atoms with van der Waals surface area (Å²) in [6, 6.07) is 3.66. The molecule has 0 heterocycles. The highest BCUT2D eigenvalue weighted by atomic mass is 35.5. The van der Waals surface area contributed by atoms with Crippen molar-refractivity contribution in [2.45, 2.75) is 31.8 Å². The molecular formula is C11H14ClF2O3P. The molecule has 1 rings (SSSR count). The Balaban J connectivity index is 3.35. The first-order chi connectivity index (χ1) is 7.87. The van der Waals surface area contributed by atoms with Crippen LogP contribution < -0.4 is 0 Å². The van der Waals surface area contributed by atoms with Crippen LogP contribution >= 0.6 is 19.2 Å². The maximum Gasteiger partial charge on any atom is 0.399 e. The fourth-order valence-corrected chi connectivity index (χ4v) is 2.26. The highest BCUT2D eigenvalue weighted by molar-refractivity contribution is 7.52. The van der Waals surface area contributed by atoms with Crippen LogP contribution in [0.15, 0.2) is 18.2 Å². The molecule has 0 saturated carbocycles. The summed E-state index contributed by atoms with van der Waals surface area (Å²) in [6.07, 6.45) is 0. The molecule has 0 aliphatic carbocycles. The van der Waals surface area contributed by atoms with E-state index in [4.69, 9.17) is 21.4 Å². The van der Waals surface area contributed by atoms with Crippen LogP contribution in [-0.2, 0) is 15.6 Å². The summed E-state index contributed by atoms with van der Waals surface area (Å²) >= 11 is 5.70. The van der Waals surface area contributed by atoms with Crippen molar-refractivity contribution in [3.63, 3.8) is 0 Å². The van der Waals surface area contributed by atoms with E-state index < -0.39 is 18.8 Å². The minimum Gasteiger partial charge on any atom is -0.320 e. The molecule has 0 spiro atoms. The maximum absolute atomic E-state index is 13.5. The zero-order chi connectivity index (χ0) is 14.4. The molecule has 102 valence electrons. The molecule has 18 heavy (non-hydrogen) atoms. The summed E-state index contributed by atoms with van der Waals surface area (Å²) in [6.45, 7) is 5.62. The standard InChI is InChI=1S/C11H14ClF2O3P/c1-10(2,3)7-4-5-8(9(12)6-7)11(13,14)18(15,16)17/h4-6H,1-3H3,(H2,15,16,17). The van der Waals surface area contributed by atoms with E-state index in [0.717, 1.165) is 6.07 Å². The molecule has 3 nitrogen and oxygen atoms in total. The van der Waals surface area contributed by atoms with Crippen LogP contribution in [0.25, 0.3) is 0 Å². The zero-order valence-corrected chi connectivity index (χ0v) is 11.8. The molecule has 7 heteroatoms. The molecule has 0 fully saturated rings. The van der Waals surface area contributed by atoms with Crippen molar-refractivity contribution in [3.8, 4) is 0 Å². The van der Waals surface area contributed by atoms with Crippen LogP contribution in [0, 0.1) is 0 Å². The molecule has 0 aliphatic heterocycles. The van der Waals surface area contributed by atoms with E-state index in [1.54, 1.807) is 0 Å². The molecule has 0 aromatic heterocycles. The number of hydrogen-bond donors (Lipinski definition) is 2. The largest absolute Gasteiger partial charge is 0.399 e. The van der Waals surface area contributed by atoms with Gasteiger partial charge in [-0.25, -0.2) is 0 Å². The molecule has 1 aromatic carbocycles. The van der Waals surface area contributed by atoms with E-state index >= 15 is 0 Å². The molecule has 0 amide bonds. The number of alkyl halides is 2. The van der Waals surface area contributed by atoms with Gasteiger partial charge in [-0.3, -0.25) is 4.57 Å². The summed E-state index contributed by atoms with van der Waals surface area (Å²) < 4.78 is 37.8. The summed E-state index contributed by atoms with van der Waals surface area (Å²) in [5, 5.41) is -0.351. The average Bonchev–Trinajstić information content (AvgIpc) is 2.13. The lowest BCUT2D eigenvalue weighted by atomic mass is 9.86. The lowest BCUT2D eigenvalue weighted by Crippen LogP contribution is -2.16. The van der Waals surface area contributed by atoms with Crippen LogP contribution in [0.5, 0.6) is 0 Å². The van der Waals surface area contributed by atoms with E-state index in [1.807, 2.05) is 20.8 Å². The predicted molar refractivity (Wildman–Crippen MR) is 66.1 cm³/mol. The van der Waals surface area contributed by atoms with Gasteiger partial charge in [-0.05, 0) is 17.0 Å². The number of hydrogen-bond acceptors (Lipinski definition) is 1. The lowest BCUT2D eigenvalue weighted by Gasteiger charge is -2.23. The third-order valence-corrected chi connectivity index (χ3v) is 3.81. The van der Waals surface area contributed by atoms with Crippen LogP contribution in [0.4, 0.5) is 8.78 Å². The minimum absolute atomic E-state index is 0.292. The Morgan fingerprint density at radius 1 is 1.22 bits per heavy atom. The van der Waals surface area contributed by atoms with Crippen molar-refractivity contribution in [2.24, 2.45) is 0 Å². The minimum atomic E-state index is -5.59. The maximum atomic E-state index is 13.5. The second kappa shape index (κ2) is 4.57. The first-order valence-electron chi connectivity index (χ1n) is 5.11. The Morgan fingerprint density at radius 2 is 1.72 bits per heavy atom. The number of rotatable bonds is 2. The fraction of sp³-hybridized carbons (Fsp3) is 0.455. The van der Waals surface area contributed by atoms with Crippen molar-refractivity contribution < 1.29 is 23.1 Å². The monoisotopic (exact) mass is 298 g/mol. The Labute approximate surface area is 109 Å². The third-order valence-electron chi connectivity index (χ3n) is 2.52. The molecule has 0 aliphatic rings. The smallest absolute Gasteiger partial charge is 0.320 e. The molecule has 2 N–H and O–H groups in total. The molecule has 0 saturated heterocycles. The molecule has 0 radical (unpaired) electrons. The SMILES string of the molecule is CC(C)(C)c1ccc(C(F)(F)P(=O)(O)O)c(Cl)c1. The first-order valence-corrected chi connectivity index (χ1v) is 7.10. The lowest BCUT2D eigenvalue weighted by molar-refractivity contribution is 0.0565. The van der Waals surface area contributed by atoms with Crippen LogP contribution in [0.2, 0.25) is 5.02 Å². The average molecular weight is 299 g/mol. The van der Waals surface area contributed by atoms with Gasteiger partial charge in [0, 0.05) is 0 Å². The van der Waals surface area contributed by atoms with Gasteiger partial charge in [-0.2, -0.15) is 8.78 Å². The predicted octanol–water partition coefficient (Wildman–Crippen LogP) is 3.86. The summed E-state index contributed by atoms with van der Waals surface area (Å²) in [4.78, 5) is 17.3. The molecular weight excluding hydrogens is 285 g/mol. The van der Waals surface area contributed by atoms with E-state index in [1.165, 1.54) is 12.1 Å². The zero-order valence-electron chi connectivity index (χ0n) is 10.1.